The van der Waals surface area contributed by atoms with Crippen LogP contribution in [0.4, 0.5) is 0 Å². The zero-order chi connectivity index (χ0) is 14.2. The van der Waals surface area contributed by atoms with Crippen LogP contribution >= 0.6 is 0 Å². The second-order valence-corrected chi connectivity index (χ2v) is 6.64. The van der Waals surface area contributed by atoms with Crippen LogP contribution in [0.5, 0.6) is 0 Å². The summed E-state index contributed by atoms with van der Waals surface area (Å²) >= 11 is 0. The maximum Gasteiger partial charge on any atom is 0.0683 e. The Hall–Kier alpha value is -0.590. The molecule has 0 spiro atoms. The zero-order valence-corrected chi connectivity index (χ0v) is 13.1. The van der Waals surface area contributed by atoms with E-state index in [-0.39, 0.29) is 5.41 Å². The van der Waals surface area contributed by atoms with E-state index in [0.717, 1.165) is 31.8 Å². The molecule has 0 fully saturated rings. The highest BCUT2D eigenvalue weighted by Crippen LogP contribution is 2.20. The third-order valence-electron chi connectivity index (χ3n) is 3.06. The monoisotopic (exact) mass is 253 g/mol. The van der Waals surface area contributed by atoms with E-state index < -0.39 is 0 Å². The van der Waals surface area contributed by atoms with Gasteiger partial charge in [-0.15, -0.1) is 0 Å². The molecule has 0 aliphatic rings. The largest absolute Gasteiger partial charge is 0.313 e. The van der Waals surface area contributed by atoms with Gasteiger partial charge in [-0.2, -0.15) is 5.26 Å². The van der Waals surface area contributed by atoms with Crippen molar-refractivity contribution in [3.63, 3.8) is 0 Å². The van der Waals surface area contributed by atoms with Crippen molar-refractivity contribution in [2.24, 2.45) is 11.3 Å². The van der Waals surface area contributed by atoms with Crippen LogP contribution in [0.2, 0.25) is 0 Å². The molecule has 3 nitrogen and oxygen atoms in total. The van der Waals surface area contributed by atoms with E-state index in [1.54, 1.807) is 0 Å². The summed E-state index contributed by atoms with van der Waals surface area (Å²) in [6.07, 6.45) is 3.25. The maximum absolute atomic E-state index is 8.96. The lowest BCUT2D eigenvalue weighted by Crippen LogP contribution is -2.39. The molecule has 0 aliphatic carbocycles. The first-order valence-electron chi connectivity index (χ1n) is 7.06. The second-order valence-electron chi connectivity index (χ2n) is 6.64. The van der Waals surface area contributed by atoms with Crippen LogP contribution in [0, 0.1) is 22.7 Å². The molecule has 0 aromatic carbocycles. The summed E-state index contributed by atoms with van der Waals surface area (Å²) in [6, 6.07) is 2.92. The Balaban J connectivity index is 3.93. The summed E-state index contributed by atoms with van der Waals surface area (Å²) in [5.41, 5.74) is -0.184. The number of nitrogens with zero attached hydrogens (tertiary/aromatic N) is 2. The van der Waals surface area contributed by atoms with Gasteiger partial charge in [-0.3, -0.25) is 0 Å². The number of likely N-dealkylation sites (N-methyl/N-ethyl adjacent to an activating group) is 1. The predicted octanol–water partition coefficient (Wildman–Crippen LogP) is 2.88. The van der Waals surface area contributed by atoms with Crippen LogP contribution < -0.4 is 5.32 Å². The molecule has 18 heavy (non-hydrogen) atoms. The SMILES string of the molecule is CC(C)CC(CN(C)C)NCCCC(C)(C)C#N. The summed E-state index contributed by atoms with van der Waals surface area (Å²) in [5.74, 6) is 0.720. The molecule has 0 saturated heterocycles. The van der Waals surface area contributed by atoms with E-state index in [1.165, 1.54) is 6.42 Å². The van der Waals surface area contributed by atoms with Gasteiger partial charge in [0.1, 0.15) is 0 Å². The number of hydrogen-bond donors (Lipinski definition) is 1. The average molecular weight is 253 g/mol. The van der Waals surface area contributed by atoms with E-state index in [4.69, 9.17) is 5.26 Å². The number of hydrogen-bond acceptors (Lipinski definition) is 3. The van der Waals surface area contributed by atoms with Crippen LogP contribution in [0.25, 0.3) is 0 Å². The van der Waals surface area contributed by atoms with Gasteiger partial charge >= 0.3 is 0 Å². The highest BCUT2D eigenvalue weighted by molar-refractivity contribution is 4.91. The molecule has 0 aromatic heterocycles. The molecule has 0 aromatic rings. The van der Waals surface area contributed by atoms with Crippen molar-refractivity contribution < 1.29 is 0 Å². The molecule has 1 unspecified atom stereocenters. The van der Waals surface area contributed by atoms with E-state index in [2.05, 4.69) is 44.2 Å². The van der Waals surface area contributed by atoms with E-state index >= 15 is 0 Å². The van der Waals surface area contributed by atoms with Gasteiger partial charge in [0.2, 0.25) is 0 Å². The third-order valence-corrected chi connectivity index (χ3v) is 3.06. The number of rotatable bonds is 9. The lowest BCUT2D eigenvalue weighted by molar-refractivity contribution is 0.301. The van der Waals surface area contributed by atoms with Gasteiger partial charge in [-0.25, -0.2) is 0 Å². The minimum Gasteiger partial charge on any atom is -0.313 e. The first-order valence-corrected chi connectivity index (χ1v) is 7.06. The fourth-order valence-corrected chi connectivity index (χ4v) is 2.12. The molecule has 0 aliphatic heterocycles. The van der Waals surface area contributed by atoms with Crippen molar-refractivity contribution in [3.05, 3.63) is 0 Å². The smallest absolute Gasteiger partial charge is 0.0683 e. The summed E-state index contributed by atoms with van der Waals surface area (Å²) < 4.78 is 0. The molecule has 0 bridgehead atoms. The Labute approximate surface area is 114 Å². The highest BCUT2D eigenvalue weighted by Gasteiger charge is 2.16. The molecule has 1 N–H and O–H groups in total. The summed E-state index contributed by atoms with van der Waals surface area (Å²) in [6.45, 7) is 10.7. The van der Waals surface area contributed by atoms with Crippen LogP contribution in [0.1, 0.15) is 47.0 Å². The van der Waals surface area contributed by atoms with E-state index in [9.17, 15) is 0 Å². The fourth-order valence-electron chi connectivity index (χ4n) is 2.12. The van der Waals surface area contributed by atoms with Crippen molar-refractivity contribution in [2.45, 2.75) is 53.0 Å². The first kappa shape index (κ1) is 17.4. The molecule has 0 rings (SSSR count). The predicted molar refractivity (Wildman–Crippen MR) is 78.4 cm³/mol. The topological polar surface area (TPSA) is 39.1 Å². The van der Waals surface area contributed by atoms with Gasteiger partial charge in [0.25, 0.3) is 0 Å². The molecule has 0 saturated carbocycles. The van der Waals surface area contributed by atoms with Gasteiger partial charge in [0, 0.05) is 12.6 Å². The Morgan fingerprint density at radius 2 is 1.89 bits per heavy atom. The molecule has 106 valence electrons. The Kier molecular flexibility index (Phi) is 8.22. The van der Waals surface area contributed by atoms with Crippen molar-refractivity contribution in [3.8, 4) is 6.07 Å². The van der Waals surface area contributed by atoms with Crippen LogP contribution in [-0.4, -0.2) is 38.1 Å². The van der Waals surface area contributed by atoms with Crippen molar-refractivity contribution in [2.75, 3.05) is 27.2 Å². The zero-order valence-electron chi connectivity index (χ0n) is 13.1. The maximum atomic E-state index is 8.96. The summed E-state index contributed by atoms with van der Waals surface area (Å²) in [7, 11) is 4.24. The molecule has 0 heterocycles. The molecule has 0 radical (unpaired) electrons. The van der Waals surface area contributed by atoms with Crippen LogP contribution in [0.3, 0.4) is 0 Å². The van der Waals surface area contributed by atoms with Crippen LogP contribution in [-0.2, 0) is 0 Å². The first-order chi connectivity index (χ1) is 8.26. The molecule has 1 atom stereocenters. The lowest BCUT2D eigenvalue weighted by atomic mass is 9.90. The van der Waals surface area contributed by atoms with Gasteiger partial charge in [-0.1, -0.05) is 13.8 Å². The Bertz CT molecular complexity index is 241. The lowest BCUT2D eigenvalue weighted by Gasteiger charge is -2.24. The standard InChI is InChI=1S/C15H31N3/c1-13(2)10-14(11-18(5)6)17-9-7-8-15(3,4)12-16/h13-14,17H,7-11H2,1-6H3. The molecular formula is C15H31N3. The van der Waals surface area contributed by atoms with Gasteiger partial charge in [0.15, 0.2) is 0 Å². The Morgan fingerprint density at radius 3 is 2.33 bits per heavy atom. The normalized spacial score (nSPS) is 13.9. The number of nitrogens with one attached hydrogen (secondary N) is 1. The van der Waals surface area contributed by atoms with Crippen molar-refractivity contribution in [1.29, 1.82) is 5.26 Å². The van der Waals surface area contributed by atoms with Gasteiger partial charge in [-0.05, 0) is 59.7 Å². The summed E-state index contributed by atoms with van der Waals surface area (Å²) in [4.78, 5) is 2.24. The van der Waals surface area contributed by atoms with Crippen molar-refractivity contribution in [1.82, 2.24) is 10.2 Å². The fraction of sp³-hybridized carbons (Fsp3) is 0.933. The third kappa shape index (κ3) is 9.44. The second kappa shape index (κ2) is 8.50. The van der Waals surface area contributed by atoms with Crippen LogP contribution in [0.15, 0.2) is 0 Å². The Morgan fingerprint density at radius 1 is 1.28 bits per heavy atom. The number of nitriles is 1. The average Bonchev–Trinajstić information content (AvgIpc) is 2.22. The van der Waals surface area contributed by atoms with Gasteiger partial charge in [0.05, 0.1) is 11.5 Å². The molecule has 0 amide bonds. The minimum atomic E-state index is -0.184. The summed E-state index contributed by atoms with van der Waals surface area (Å²) in [5, 5.41) is 12.6. The highest BCUT2D eigenvalue weighted by atomic mass is 15.1. The van der Waals surface area contributed by atoms with E-state index in [0.29, 0.717) is 6.04 Å². The minimum absolute atomic E-state index is 0.184. The molecular weight excluding hydrogens is 222 g/mol. The van der Waals surface area contributed by atoms with E-state index in [1.807, 2.05) is 13.8 Å². The quantitative estimate of drug-likeness (QED) is 0.642. The van der Waals surface area contributed by atoms with Gasteiger partial charge < -0.3 is 10.2 Å². The van der Waals surface area contributed by atoms with Crippen molar-refractivity contribution >= 4 is 0 Å². The molecule has 3 heteroatoms.